The first kappa shape index (κ1) is 20.0. The summed E-state index contributed by atoms with van der Waals surface area (Å²) in [5, 5.41) is 18.0. The zero-order valence-corrected chi connectivity index (χ0v) is 18.8. The zero-order chi connectivity index (χ0) is 22.4. The summed E-state index contributed by atoms with van der Waals surface area (Å²) in [6, 6.07) is 21.7. The molecule has 3 heterocycles. The molecule has 4 aromatic rings. The number of hydrogen-bond donors (Lipinski definition) is 1. The molecular weight excluding hydrogens is 408 g/mol. The third kappa shape index (κ3) is 3.55. The first-order valence-electron chi connectivity index (χ1n) is 11.6. The van der Waals surface area contributed by atoms with Crippen molar-refractivity contribution in [2.24, 2.45) is 0 Å². The SMILES string of the molecule is CN1CCN(c2ccc(-c3cnc4n[nH]c(-c5ccc(C6(C#N)CC6)cc5)c4c3)cc2)CC1. The summed E-state index contributed by atoms with van der Waals surface area (Å²) < 4.78 is 0. The molecule has 1 N–H and O–H groups in total. The van der Waals surface area contributed by atoms with Gasteiger partial charge in [0.2, 0.25) is 0 Å². The fourth-order valence-corrected chi connectivity index (χ4v) is 4.75. The van der Waals surface area contributed by atoms with Gasteiger partial charge in [-0.25, -0.2) is 4.98 Å². The van der Waals surface area contributed by atoms with Crippen molar-refractivity contribution in [1.29, 1.82) is 5.26 Å². The standard InChI is InChI=1S/C27H26N6/c1-32-12-14-33(15-13-32)23-8-4-19(5-9-23)21-16-24-25(30-31-26(24)29-17-21)20-2-6-22(7-3-20)27(18-28)10-11-27/h2-9,16-17H,10-15H2,1H3,(H,29,30,31). The molecule has 1 saturated carbocycles. The highest BCUT2D eigenvalue weighted by Crippen LogP contribution is 2.47. The van der Waals surface area contributed by atoms with Crippen molar-refractivity contribution in [3.05, 3.63) is 66.4 Å². The number of aromatic nitrogens is 3. The van der Waals surface area contributed by atoms with Crippen LogP contribution >= 0.6 is 0 Å². The summed E-state index contributed by atoms with van der Waals surface area (Å²) in [5.74, 6) is 0. The van der Waals surface area contributed by atoms with Crippen LogP contribution in [0.3, 0.4) is 0 Å². The molecule has 2 aromatic carbocycles. The van der Waals surface area contributed by atoms with E-state index in [0.29, 0.717) is 5.65 Å². The van der Waals surface area contributed by atoms with Gasteiger partial charge >= 0.3 is 0 Å². The molecule has 1 aliphatic heterocycles. The van der Waals surface area contributed by atoms with Gasteiger partial charge in [-0.1, -0.05) is 36.4 Å². The smallest absolute Gasteiger partial charge is 0.181 e. The van der Waals surface area contributed by atoms with Crippen LogP contribution in [-0.4, -0.2) is 53.3 Å². The average molecular weight is 435 g/mol. The van der Waals surface area contributed by atoms with Gasteiger partial charge in [-0.2, -0.15) is 10.4 Å². The second-order valence-corrected chi connectivity index (χ2v) is 9.30. The number of rotatable bonds is 4. The van der Waals surface area contributed by atoms with Gasteiger partial charge in [-0.15, -0.1) is 0 Å². The van der Waals surface area contributed by atoms with E-state index in [1.165, 1.54) is 5.69 Å². The number of nitrogens with zero attached hydrogens (tertiary/aromatic N) is 5. The first-order valence-corrected chi connectivity index (χ1v) is 11.6. The number of nitrogens with one attached hydrogen (secondary N) is 1. The van der Waals surface area contributed by atoms with Crippen LogP contribution in [0.15, 0.2) is 60.8 Å². The Hall–Kier alpha value is -3.69. The maximum absolute atomic E-state index is 9.47. The van der Waals surface area contributed by atoms with E-state index in [2.05, 4.69) is 92.7 Å². The second kappa shape index (κ2) is 7.72. The summed E-state index contributed by atoms with van der Waals surface area (Å²) in [5.41, 5.74) is 7.07. The Morgan fingerprint density at radius 3 is 2.27 bits per heavy atom. The third-order valence-corrected chi connectivity index (χ3v) is 7.17. The summed E-state index contributed by atoms with van der Waals surface area (Å²) in [4.78, 5) is 9.42. The maximum Gasteiger partial charge on any atom is 0.181 e. The van der Waals surface area contributed by atoms with Gasteiger partial charge in [0, 0.05) is 54.6 Å². The van der Waals surface area contributed by atoms with Crippen LogP contribution in [0.25, 0.3) is 33.4 Å². The normalized spacial score (nSPS) is 17.8. The van der Waals surface area contributed by atoms with Gasteiger partial charge in [-0.3, -0.25) is 5.10 Å². The van der Waals surface area contributed by atoms with E-state index >= 15 is 0 Å². The van der Waals surface area contributed by atoms with Crippen LogP contribution in [0.4, 0.5) is 5.69 Å². The summed E-state index contributed by atoms with van der Waals surface area (Å²) in [6.07, 6.45) is 3.80. The molecule has 1 saturated heterocycles. The molecule has 6 heteroatoms. The molecule has 2 aromatic heterocycles. The van der Waals surface area contributed by atoms with Gasteiger partial charge < -0.3 is 9.80 Å². The van der Waals surface area contributed by atoms with Gasteiger partial charge in [0.1, 0.15) is 0 Å². The van der Waals surface area contributed by atoms with E-state index in [9.17, 15) is 5.26 Å². The highest BCUT2D eigenvalue weighted by Gasteiger charge is 2.44. The van der Waals surface area contributed by atoms with Crippen LogP contribution in [0.5, 0.6) is 0 Å². The summed E-state index contributed by atoms with van der Waals surface area (Å²) in [7, 11) is 2.18. The number of benzene rings is 2. The molecule has 2 fully saturated rings. The lowest BCUT2D eigenvalue weighted by Crippen LogP contribution is -2.44. The number of likely N-dealkylation sites (N-methyl/N-ethyl adjacent to an activating group) is 1. The Morgan fingerprint density at radius 2 is 1.61 bits per heavy atom. The van der Waals surface area contributed by atoms with Gasteiger partial charge in [0.05, 0.1) is 17.2 Å². The number of nitriles is 1. The lowest BCUT2D eigenvalue weighted by molar-refractivity contribution is 0.313. The molecule has 0 spiro atoms. The molecule has 164 valence electrons. The third-order valence-electron chi connectivity index (χ3n) is 7.17. The Balaban J connectivity index is 1.29. The summed E-state index contributed by atoms with van der Waals surface area (Å²) in [6.45, 7) is 4.33. The molecule has 0 bridgehead atoms. The zero-order valence-electron chi connectivity index (χ0n) is 18.8. The van der Waals surface area contributed by atoms with Crippen molar-refractivity contribution < 1.29 is 0 Å². The number of aromatic amines is 1. The number of pyridine rings is 1. The molecule has 0 radical (unpaired) electrons. The number of fused-ring (bicyclic) bond motifs is 1. The van der Waals surface area contributed by atoms with Crippen LogP contribution in [0.1, 0.15) is 18.4 Å². The largest absolute Gasteiger partial charge is 0.369 e. The molecule has 6 nitrogen and oxygen atoms in total. The van der Waals surface area contributed by atoms with Gasteiger partial charge in [0.15, 0.2) is 5.65 Å². The van der Waals surface area contributed by atoms with Crippen molar-refractivity contribution in [3.8, 4) is 28.5 Å². The fraction of sp³-hybridized carbons (Fsp3) is 0.296. The minimum absolute atomic E-state index is 0.264. The average Bonchev–Trinajstić information content (AvgIpc) is 3.56. The van der Waals surface area contributed by atoms with E-state index in [1.54, 1.807) is 0 Å². The molecule has 1 aliphatic carbocycles. The highest BCUT2D eigenvalue weighted by molar-refractivity contribution is 5.93. The van der Waals surface area contributed by atoms with Gasteiger partial charge in [-0.05, 0) is 49.2 Å². The van der Waals surface area contributed by atoms with Crippen LogP contribution in [-0.2, 0) is 5.41 Å². The van der Waals surface area contributed by atoms with Crippen molar-refractivity contribution in [2.45, 2.75) is 18.3 Å². The Morgan fingerprint density at radius 1 is 0.909 bits per heavy atom. The lowest BCUT2D eigenvalue weighted by atomic mass is 9.95. The predicted molar refractivity (Wildman–Crippen MR) is 131 cm³/mol. The van der Waals surface area contributed by atoms with E-state index in [-0.39, 0.29) is 5.41 Å². The molecule has 2 aliphatic rings. The van der Waals surface area contributed by atoms with E-state index < -0.39 is 0 Å². The number of H-pyrrole nitrogens is 1. The van der Waals surface area contributed by atoms with Crippen molar-refractivity contribution >= 4 is 16.7 Å². The van der Waals surface area contributed by atoms with E-state index in [4.69, 9.17) is 0 Å². The minimum Gasteiger partial charge on any atom is -0.369 e. The topological polar surface area (TPSA) is 71.8 Å². The number of piperazine rings is 1. The second-order valence-electron chi connectivity index (χ2n) is 9.30. The minimum atomic E-state index is -0.264. The maximum atomic E-state index is 9.47. The van der Waals surface area contributed by atoms with E-state index in [1.807, 2.05) is 6.20 Å². The quantitative estimate of drug-likeness (QED) is 0.508. The molecule has 33 heavy (non-hydrogen) atoms. The fourth-order valence-electron chi connectivity index (χ4n) is 4.75. The Kier molecular flexibility index (Phi) is 4.67. The van der Waals surface area contributed by atoms with Crippen LogP contribution in [0, 0.1) is 11.3 Å². The molecule has 0 amide bonds. The summed E-state index contributed by atoms with van der Waals surface area (Å²) >= 11 is 0. The molecule has 6 rings (SSSR count). The lowest BCUT2D eigenvalue weighted by Gasteiger charge is -2.34. The molecule has 0 atom stereocenters. The first-order chi connectivity index (χ1) is 16.1. The van der Waals surface area contributed by atoms with Crippen molar-refractivity contribution in [1.82, 2.24) is 20.1 Å². The predicted octanol–water partition coefficient (Wildman–Crippen LogP) is 4.60. The Labute approximate surface area is 193 Å². The van der Waals surface area contributed by atoms with Crippen molar-refractivity contribution in [3.63, 3.8) is 0 Å². The number of hydrogen-bond acceptors (Lipinski definition) is 5. The Bertz CT molecular complexity index is 1330. The van der Waals surface area contributed by atoms with Crippen LogP contribution < -0.4 is 4.90 Å². The monoisotopic (exact) mass is 434 g/mol. The van der Waals surface area contributed by atoms with Crippen molar-refractivity contribution in [2.75, 3.05) is 38.1 Å². The molecular formula is C27H26N6. The molecule has 0 unspecified atom stereocenters. The van der Waals surface area contributed by atoms with E-state index in [0.717, 1.165) is 72.4 Å². The van der Waals surface area contributed by atoms with Gasteiger partial charge in [0.25, 0.3) is 0 Å². The van der Waals surface area contributed by atoms with Crippen LogP contribution in [0.2, 0.25) is 0 Å². The highest BCUT2D eigenvalue weighted by atomic mass is 15.2. The number of anilines is 1.